The first-order chi connectivity index (χ1) is 14.9. The molecule has 0 fully saturated rings. The first kappa shape index (κ1) is 23.2. The van der Waals surface area contributed by atoms with E-state index < -0.39 is 11.6 Å². The van der Waals surface area contributed by atoms with Crippen molar-refractivity contribution in [1.29, 1.82) is 0 Å². The van der Waals surface area contributed by atoms with Crippen molar-refractivity contribution in [3.8, 4) is 0 Å². The van der Waals surface area contributed by atoms with Crippen LogP contribution in [0.2, 0.25) is 0 Å². The lowest BCUT2D eigenvalue weighted by Gasteiger charge is -2.35. The predicted octanol–water partition coefficient (Wildman–Crippen LogP) is 4.73. The average molecular weight is 435 g/mol. The fourth-order valence-corrected chi connectivity index (χ4v) is 3.66. The van der Waals surface area contributed by atoms with Crippen LogP contribution in [0.15, 0.2) is 54.9 Å². The van der Waals surface area contributed by atoms with Gasteiger partial charge in [0.1, 0.15) is 18.3 Å². The van der Waals surface area contributed by atoms with Crippen LogP contribution in [-0.4, -0.2) is 52.1 Å². The summed E-state index contributed by atoms with van der Waals surface area (Å²) in [6.07, 6.45) is 1.30. The second kappa shape index (κ2) is 10.2. The van der Waals surface area contributed by atoms with E-state index in [0.29, 0.717) is 12.4 Å². The number of allylic oxidation sites excluding steroid dienone is 4. The number of likely N-dealkylation sites (N-methyl/N-ethyl adjacent to an activating group) is 1. The molecule has 0 radical (unpaired) electrons. The number of alkyl halides is 3. The monoisotopic (exact) mass is 434 g/mol. The number of halogens is 3. The van der Waals surface area contributed by atoms with Gasteiger partial charge in [0.2, 0.25) is 0 Å². The van der Waals surface area contributed by atoms with Crippen LogP contribution in [0, 0.1) is 5.41 Å². The first-order valence-electron chi connectivity index (χ1n) is 10.6. The number of hydrogen-bond acceptors (Lipinski definition) is 4. The minimum atomic E-state index is -4.41. The fourth-order valence-electron chi connectivity index (χ4n) is 3.66. The second-order valence-corrected chi connectivity index (χ2v) is 7.67. The molecule has 1 heterocycles. The third-order valence-corrected chi connectivity index (χ3v) is 5.77. The molecular formula is C23H29F3N4O. The minimum Gasteiger partial charge on any atom is -0.372 e. The van der Waals surface area contributed by atoms with Gasteiger partial charge in [0.25, 0.3) is 0 Å². The van der Waals surface area contributed by atoms with Crippen LogP contribution in [0.5, 0.6) is 0 Å². The van der Waals surface area contributed by atoms with Gasteiger partial charge in [0.15, 0.2) is 5.82 Å². The van der Waals surface area contributed by atoms with Gasteiger partial charge in [-0.2, -0.15) is 13.2 Å². The molecular weight excluding hydrogens is 405 g/mol. The Bertz CT molecular complexity index is 888. The third kappa shape index (κ3) is 5.62. The lowest BCUT2D eigenvalue weighted by molar-refractivity contribution is -0.210. The molecule has 2 aromatic rings. The second-order valence-electron chi connectivity index (χ2n) is 7.67. The molecule has 1 atom stereocenters. The van der Waals surface area contributed by atoms with Crippen LogP contribution in [0.1, 0.15) is 31.7 Å². The number of nitrogens with zero attached hydrogens (tertiary/aromatic N) is 4. The fraction of sp³-hybridized carbons (Fsp3) is 0.478. The number of aromatic nitrogens is 3. The zero-order valence-electron chi connectivity index (χ0n) is 18.0. The van der Waals surface area contributed by atoms with Gasteiger partial charge < -0.3 is 14.2 Å². The van der Waals surface area contributed by atoms with E-state index in [4.69, 9.17) is 4.74 Å². The molecule has 5 nitrogen and oxygen atoms in total. The third-order valence-electron chi connectivity index (χ3n) is 5.77. The van der Waals surface area contributed by atoms with Crippen molar-refractivity contribution in [2.24, 2.45) is 5.41 Å². The van der Waals surface area contributed by atoms with Crippen molar-refractivity contribution in [2.75, 3.05) is 26.2 Å². The lowest BCUT2D eigenvalue weighted by atomic mass is 9.78. The van der Waals surface area contributed by atoms with E-state index in [0.717, 1.165) is 30.8 Å². The Morgan fingerprint density at radius 2 is 1.90 bits per heavy atom. The van der Waals surface area contributed by atoms with E-state index in [1.165, 1.54) is 17.0 Å². The van der Waals surface area contributed by atoms with Crippen molar-refractivity contribution < 1.29 is 17.9 Å². The zero-order valence-corrected chi connectivity index (χ0v) is 18.0. The van der Waals surface area contributed by atoms with Crippen molar-refractivity contribution in [1.82, 2.24) is 19.7 Å². The molecule has 0 saturated heterocycles. The topological polar surface area (TPSA) is 43.2 Å². The molecule has 0 aliphatic heterocycles. The maximum atomic E-state index is 14.2. The predicted molar refractivity (Wildman–Crippen MR) is 114 cm³/mol. The highest BCUT2D eigenvalue weighted by molar-refractivity contribution is 5.75. The van der Waals surface area contributed by atoms with Crippen LogP contribution >= 0.6 is 0 Å². The van der Waals surface area contributed by atoms with Gasteiger partial charge in [-0.1, -0.05) is 62.4 Å². The molecule has 1 aromatic carbocycles. The molecule has 168 valence electrons. The molecule has 0 N–H and O–H groups in total. The van der Waals surface area contributed by atoms with Gasteiger partial charge in [-0.3, -0.25) is 0 Å². The summed E-state index contributed by atoms with van der Waals surface area (Å²) in [5.74, 6) is 0.398. The standard InChI is InChI=1S/C23H29F3N4O/c1-3-29(4-2)14-15-31-16-21-28-27-18-30(21)17-22(23(24,25)26)12-10-20(11-13-22)19-8-6-5-7-9-19/h5-12,18H,3-4,13-17H2,1-2H3. The highest BCUT2D eigenvalue weighted by Gasteiger charge is 2.53. The van der Waals surface area contributed by atoms with Gasteiger partial charge in [-0.05, 0) is 30.6 Å². The van der Waals surface area contributed by atoms with Crippen molar-refractivity contribution >= 4 is 5.57 Å². The summed E-state index contributed by atoms with van der Waals surface area (Å²) in [5, 5.41) is 7.81. The molecule has 31 heavy (non-hydrogen) atoms. The van der Waals surface area contributed by atoms with Crippen LogP contribution in [-0.2, 0) is 17.9 Å². The molecule has 1 aliphatic carbocycles. The first-order valence-corrected chi connectivity index (χ1v) is 10.6. The summed E-state index contributed by atoms with van der Waals surface area (Å²) in [5.41, 5.74) is -0.311. The molecule has 1 unspecified atom stereocenters. The van der Waals surface area contributed by atoms with Crippen LogP contribution < -0.4 is 0 Å². The molecule has 0 amide bonds. The smallest absolute Gasteiger partial charge is 0.372 e. The Balaban J connectivity index is 1.69. The number of hydrogen-bond donors (Lipinski definition) is 0. The number of benzene rings is 1. The number of rotatable bonds is 10. The summed E-state index contributed by atoms with van der Waals surface area (Å²) in [7, 11) is 0. The molecule has 1 aromatic heterocycles. The lowest BCUT2D eigenvalue weighted by Crippen LogP contribution is -2.41. The molecule has 8 heteroatoms. The van der Waals surface area contributed by atoms with E-state index in [1.807, 2.05) is 30.3 Å². The minimum absolute atomic E-state index is 0.129. The van der Waals surface area contributed by atoms with E-state index in [2.05, 4.69) is 28.9 Å². The summed E-state index contributed by atoms with van der Waals surface area (Å²) >= 11 is 0. The maximum absolute atomic E-state index is 14.2. The Morgan fingerprint density at radius 1 is 1.16 bits per heavy atom. The van der Waals surface area contributed by atoms with Gasteiger partial charge in [0.05, 0.1) is 6.61 Å². The Labute approximate surface area is 181 Å². The van der Waals surface area contributed by atoms with E-state index in [9.17, 15) is 13.2 Å². The molecule has 0 saturated carbocycles. The molecule has 1 aliphatic rings. The quantitative estimate of drug-likeness (QED) is 0.507. The Hall–Kier alpha value is -2.45. The number of ether oxygens (including phenoxy) is 1. The van der Waals surface area contributed by atoms with Gasteiger partial charge in [0, 0.05) is 13.1 Å². The van der Waals surface area contributed by atoms with Crippen LogP contribution in [0.25, 0.3) is 5.57 Å². The molecule has 0 bridgehead atoms. The summed E-state index contributed by atoms with van der Waals surface area (Å²) < 4.78 is 49.6. The van der Waals surface area contributed by atoms with Crippen LogP contribution in [0.4, 0.5) is 13.2 Å². The van der Waals surface area contributed by atoms with Crippen molar-refractivity contribution in [3.63, 3.8) is 0 Å². The van der Waals surface area contributed by atoms with Gasteiger partial charge in [-0.25, -0.2) is 0 Å². The summed E-state index contributed by atoms with van der Waals surface area (Å²) in [6, 6.07) is 9.42. The largest absolute Gasteiger partial charge is 0.399 e. The summed E-state index contributed by atoms with van der Waals surface area (Å²) in [6.45, 7) is 7.10. The van der Waals surface area contributed by atoms with Crippen molar-refractivity contribution in [3.05, 3.63) is 66.3 Å². The molecule has 0 spiro atoms. The highest BCUT2D eigenvalue weighted by Crippen LogP contribution is 2.47. The van der Waals surface area contributed by atoms with E-state index in [1.54, 1.807) is 12.2 Å². The van der Waals surface area contributed by atoms with Gasteiger partial charge in [-0.15, -0.1) is 10.2 Å². The zero-order chi connectivity index (χ0) is 22.3. The van der Waals surface area contributed by atoms with Crippen LogP contribution in [0.3, 0.4) is 0 Å². The van der Waals surface area contributed by atoms with Crippen molar-refractivity contribution in [2.45, 2.75) is 39.6 Å². The SMILES string of the molecule is CCN(CC)CCOCc1nncn1CC1(C(F)(F)F)C=CC(c2ccccc2)=CC1. The maximum Gasteiger partial charge on any atom is 0.399 e. The molecule has 3 rings (SSSR count). The van der Waals surface area contributed by atoms with E-state index >= 15 is 0 Å². The Morgan fingerprint density at radius 3 is 2.52 bits per heavy atom. The Kier molecular flexibility index (Phi) is 7.67. The average Bonchev–Trinajstić information content (AvgIpc) is 3.21. The normalized spacial score (nSPS) is 19.1. The summed E-state index contributed by atoms with van der Waals surface area (Å²) in [4.78, 5) is 2.22. The highest BCUT2D eigenvalue weighted by atomic mass is 19.4. The van der Waals surface area contributed by atoms with Gasteiger partial charge >= 0.3 is 6.18 Å². The van der Waals surface area contributed by atoms with E-state index in [-0.39, 0.29) is 19.6 Å².